The summed E-state index contributed by atoms with van der Waals surface area (Å²) < 4.78 is 52.8. The van der Waals surface area contributed by atoms with Gasteiger partial charge in [0.05, 0.1) is 37.4 Å². The number of alkyl halides is 2. The monoisotopic (exact) mass is 708 g/mol. The van der Waals surface area contributed by atoms with Crippen LogP contribution in [0.5, 0.6) is 11.6 Å². The predicted octanol–water partition coefficient (Wildman–Crippen LogP) is 5.83. The predicted molar refractivity (Wildman–Crippen MR) is 187 cm³/mol. The minimum absolute atomic E-state index is 0.0325. The number of halogens is 2. The van der Waals surface area contributed by atoms with Gasteiger partial charge in [-0.25, -0.2) is 8.78 Å². The van der Waals surface area contributed by atoms with E-state index in [1.54, 1.807) is 37.4 Å². The molecule has 266 valence electrons. The van der Waals surface area contributed by atoms with Crippen LogP contribution in [-0.2, 0) is 16.2 Å². The Morgan fingerprint density at radius 3 is 2.38 bits per heavy atom. The largest absolute Gasteiger partial charge is 0.495 e. The third kappa shape index (κ3) is 8.06. The van der Waals surface area contributed by atoms with E-state index in [1.165, 1.54) is 7.11 Å². The SMILES string of the molecule is CNC(=O)c1ccc(-c2cn(COCC[Si](C)(C)C)c3nc(Nc4ccc(C(=O)NC5COC5)cc4OC)nc(OC4CC(F)(F)C4)c23)cc1. The van der Waals surface area contributed by atoms with Gasteiger partial charge in [0.2, 0.25) is 11.8 Å². The summed E-state index contributed by atoms with van der Waals surface area (Å²) >= 11 is 0. The minimum Gasteiger partial charge on any atom is -0.495 e. The summed E-state index contributed by atoms with van der Waals surface area (Å²) in [4.78, 5) is 34.6. The Balaban J connectivity index is 1.39. The zero-order valence-electron chi connectivity index (χ0n) is 28.8. The molecule has 1 aliphatic carbocycles. The Hall–Kier alpha value is -4.60. The van der Waals surface area contributed by atoms with Gasteiger partial charge in [-0.15, -0.1) is 0 Å². The number of ether oxygens (including phenoxy) is 4. The molecule has 2 aromatic heterocycles. The molecule has 0 atom stereocenters. The molecule has 4 aromatic rings. The maximum atomic E-state index is 14.0. The van der Waals surface area contributed by atoms with E-state index < -0.39 is 32.9 Å². The molecule has 0 bridgehead atoms. The van der Waals surface area contributed by atoms with Gasteiger partial charge in [-0.05, 0) is 41.9 Å². The zero-order valence-corrected chi connectivity index (χ0v) is 29.8. The number of methoxy groups -OCH3 is 1. The second-order valence-electron chi connectivity index (χ2n) is 13.8. The van der Waals surface area contributed by atoms with Crippen LogP contribution in [0.15, 0.2) is 48.7 Å². The summed E-state index contributed by atoms with van der Waals surface area (Å²) in [5.41, 5.74) is 3.27. The first-order valence-corrected chi connectivity index (χ1v) is 20.2. The van der Waals surface area contributed by atoms with Crippen molar-refractivity contribution in [2.45, 2.75) is 63.3 Å². The number of hydrogen-bond donors (Lipinski definition) is 3. The first kappa shape index (κ1) is 35.2. The fourth-order valence-corrected chi connectivity index (χ4v) is 6.35. The molecule has 1 aliphatic heterocycles. The lowest BCUT2D eigenvalue weighted by molar-refractivity contribution is -0.135. The van der Waals surface area contributed by atoms with E-state index in [9.17, 15) is 18.4 Å². The highest BCUT2D eigenvalue weighted by Crippen LogP contribution is 2.43. The van der Waals surface area contributed by atoms with Gasteiger partial charge in [-0.1, -0.05) is 31.8 Å². The molecule has 6 rings (SSSR count). The molecule has 0 unspecified atom stereocenters. The van der Waals surface area contributed by atoms with Crippen molar-refractivity contribution in [3.63, 3.8) is 0 Å². The van der Waals surface area contributed by atoms with Gasteiger partial charge in [-0.3, -0.25) is 9.59 Å². The molecule has 0 spiro atoms. The Kier molecular flexibility index (Phi) is 10.1. The molecule has 2 aliphatic rings. The van der Waals surface area contributed by atoms with Crippen LogP contribution in [0.2, 0.25) is 25.7 Å². The summed E-state index contributed by atoms with van der Waals surface area (Å²) in [6, 6.07) is 12.9. The first-order valence-electron chi connectivity index (χ1n) is 16.5. The van der Waals surface area contributed by atoms with Gasteiger partial charge in [-0.2, -0.15) is 9.97 Å². The highest BCUT2D eigenvalue weighted by atomic mass is 28.3. The number of carbonyl (C=O) groups excluding carboxylic acids is 2. The molecule has 12 nitrogen and oxygen atoms in total. The lowest BCUT2D eigenvalue weighted by Gasteiger charge is -2.34. The number of nitrogens with one attached hydrogen (secondary N) is 3. The van der Waals surface area contributed by atoms with Crippen LogP contribution in [0, 0.1) is 0 Å². The third-order valence-corrected chi connectivity index (χ3v) is 10.3. The number of benzene rings is 2. The molecule has 2 fully saturated rings. The van der Waals surface area contributed by atoms with E-state index in [0.717, 1.165) is 11.6 Å². The van der Waals surface area contributed by atoms with Crippen LogP contribution in [-0.4, -0.2) is 86.5 Å². The van der Waals surface area contributed by atoms with Gasteiger partial charge in [0.25, 0.3) is 17.7 Å². The van der Waals surface area contributed by atoms with E-state index in [-0.39, 0.29) is 36.4 Å². The van der Waals surface area contributed by atoms with Gasteiger partial charge in [0.1, 0.15) is 18.6 Å². The van der Waals surface area contributed by atoms with Crippen molar-refractivity contribution in [1.29, 1.82) is 0 Å². The Morgan fingerprint density at radius 1 is 1.04 bits per heavy atom. The van der Waals surface area contributed by atoms with Crippen molar-refractivity contribution >= 4 is 42.6 Å². The van der Waals surface area contributed by atoms with Crippen LogP contribution in [0.3, 0.4) is 0 Å². The van der Waals surface area contributed by atoms with Crippen LogP contribution in [0.25, 0.3) is 22.2 Å². The number of aromatic nitrogens is 3. The minimum atomic E-state index is -2.81. The standard InChI is InChI=1S/C35H42F2N6O6Si/c1-38-31(44)22-8-6-21(7-9-22)26-17-43(20-47-12-13-50(3,4)5)30-29(26)33(49-25-15-35(36,37)16-25)42-34(41-30)40-27-11-10-23(14-28(27)46-2)32(45)39-24-18-48-19-24/h6-11,14,17,24-25H,12-13,15-16,18-20H2,1-5H3,(H,38,44)(H,39,45)(H,40,41,42). The molecule has 2 amide bonds. The average Bonchev–Trinajstić information content (AvgIpc) is 3.41. The van der Waals surface area contributed by atoms with Crippen LogP contribution in [0.1, 0.15) is 33.6 Å². The number of nitrogens with zero attached hydrogens (tertiary/aromatic N) is 3. The Labute approximate surface area is 289 Å². The molecule has 0 radical (unpaired) electrons. The maximum absolute atomic E-state index is 14.0. The number of anilines is 2. The first-order chi connectivity index (χ1) is 23.8. The second kappa shape index (κ2) is 14.3. The number of rotatable bonds is 14. The van der Waals surface area contributed by atoms with Gasteiger partial charge in [0, 0.05) is 57.5 Å². The van der Waals surface area contributed by atoms with Crippen molar-refractivity contribution in [3.05, 3.63) is 59.8 Å². The molecule has 1 saturated carbocycles. The lowest BCUT2D eigenvalue weighted by atomic mass is 9.91. The van der Waals surface area contributed by atoms with E-state index in [1.807, 2.05) is 22.9 Å². The summed E-state index contributed by atoms with van der Waals surface area (Å²) in [5, 5.41) is 9.23. The van der Waals surface area contributed by atoms with Crippen molar-refractivity contribution in [1.82, 2.24) is 25.2 Å². The van der Waals surface area contributed by atoms with Gasteiger partial charge < -0.3 is 39.5 Å². The Bertz CT molecular complexity index is 1870. The Morgan fingerprint density at radius 2 is 1.76 bits per heavy atom. The van der Waals surface area contributed by atoms with Crippen molar-refractivity contribution < 1.29 is 37.3 Å². The molecular formula is C35H42F2N6O6Si. The topological polar surface area (TPSA) is 138 Å². The number of hydrogen-bond acceptors (Lipinski definition) is 9. The maximum Gasteiger partial charge on any atom is 0.255 e. The van der Waals surface area contributed by atoms with E-state index >= 15 is 0 Å². The van der Waals surface area contributed by atoms with E-state index in [0.29, 0.717) is 59.0 Å². The molecule has 15 heteroatoms. The normalized spacial score (nSPS) is 16.0. The molecule has 50 heavy (non-hydrogen) atoms. The van der Waals surface area contributed by atoms with Crippen molar-refractivity contribution in [3.8, 4) is 22.8 Å². The van der Waals surface area contributed by atoms with E-state index in [4.69, 9.17) is 28.9 Å². The van der Waals surface area contributed by atoms with Gasteiger partial charge >= 0.3 is 0 Å². The molecular weight excluding hydrogens is 667 g/mol. The quantitative estimate of drug-likeness (QED) is 0.109. The number of carbonyl (C=O) groups is 2. The fourth-order valence-electron chi connectivity index (χ4n) is 5.59. The molecule has 3 N–H and O–H groups in total. The summed E-state index contributed by atoms with van der Waals surface area (Å²) in [5.74, 6) is -2.66. The van der Waals surface area contributed by atoms with E-state index in [2.05, 4.69) is 35.6 Å². The smallest absolute Gasteiger partial charge is 0.255 e. The third-order valence-electron chi connectivity index (χ3n) is 8.61. The number of fused-ring (bicyclic) bond motifs is 1. The summed E-state index contributed by atoms with van der Waals surface area (Å²) in [6.07, 6.45) is 0.268. The second-order valence-corrected chi connectivity index (χ2v) is 19.4. The average molecular weight is 709 g/mol. The van der Waals surface area contributed by atoms with Gasteiger partial charge in [0.15, 0.2) is 5.65 Å². The molecule has 2 aromatic carbocycles. The zero-order chi connectivity index (χ0) is 35.6. The molecule has 3 heterocycles. The summed E-state index contributed by atoms with van der Waals surface area (Å²) in [7, 11) is 1.70. The van der Waals surface area contributed by atoms with Crippen molar-refractivity contribution in [2.75, 3.05) is 39.3 Å². The highest BCUT2D eigenvalue weighted by molar-refractivity contribution is 6.76. The highest BCUT2D eigenvalue weighted by Gasteiger charge is 2.47. The van der Waals surface area contributed by atoms with Crippen LogP contribution < -0.4 is 25.4 Å². The fraction of sp³-hybridized carbons (Fsp3) is 0.429. The lowest BCUT2D eigenvalue weighted by Crippen LogP contribution is -2.48. The van der Waals surface area contributed by atoms with Crippen LogP contribution >= 0.6 is 0 Å². The molecule has 1 saturated heterocycles. The van der Waals surface area contributed by atoms with Crippen LogP contribution in [0.4, 0.5) is 20.4 Å². The van der Waals surface area contributed by atoms with Crippen molar-refractivity contribution in [2.24, 2.45) is 0 Å². The summed E-state index contributed by atoms with van der Waals surface area (Å²) in [6.45, 7) is 8.51. The number of amides is 2.